The first-order chi connectivity index (χ1) is 11.7. The summed E-state index contributed by atoms with van der Waals surface area (Å²) in [7, 11) is 0. The van der Waals surface area contributed by atoms with E-state index in [1.54, 1.807) is 47.4 Å². The molecule has 122 valence electrons. The number of carbonyl (C=O) groups is 3. The van der Waals surface area contributed by atoms with Crippen LogP contribution in [0.4, 0.5) is 0 Å². The molecule has 0 unspecified atom stereocenters. The lowest BCUT2D eigenvalue weighted by atomic mass is 10.1. The van der Waals surface area contributed by atoms with Crippen LogP contribution in [0.15, 0.2) is 41.8 Å². The third kappa shape index (κ3) is 2.44. The summed E-state index contributed by atoms with van der Waals surface area (Å²) < 4.78 is 0. The highest BCUT2D eigenvalue weighted by atomic mass is 32.2. The minimum Gasteiger partial charge on any atom is -0.353 e. The normalized spacial score (nSPS) is 23.8. The van der Waals surface area contributed by atoms with E-state index in [9.17, 15) is 14.4 Å². The Balaban J connectivity index is 1.59. The zero-order valence-corrected chi connectivity index (χ0v) is 14.2. The SMILES string of the molecule is O=C1NC[C@@H](c2cccs2)SC[C@@H]1N1C(=O)c2ccccc2C1=O. The molecule has 1 N–H and O–H groups in total. The molecule has 2 aliphatic rings. The number of thiophene rings is 1. The zero-order chi connectivity index (χ0) is 16.7. The van der Waals surface area contributed by atoms with Crippen molar-refractivity contribution in [1.29, 1.82) is 0 Å². The Kier molecular flexibility index (Phi) is 3.90. The average Bonchev–Trinajstić information content (AvgIpc) is 3.16. The van der Waals surface area contributed by atoms with E-state index < -0.39 is 6.04 Å². The predicted molar refractivity (Wildman–Crippen MR) is 93.3 cm³/mol. The predicted octanol–water partition coefficient (Wildman–Crippen LogP) is 2.32. The molecule has 1 fully saturated rings. The topological polar surface area (TPSA) is 66.5 Å². The van der Waals surface area contributed by atoms with Gasteiger partial charge in [-0.1, -0.05) is 18.2 Å². The van der Waals surface area contributed by atoms with Gasteiger partial charge in [-0.05, 0) is 23.6 Å². The standard InChI is InChI=1S/C17H14N2O3S2/c20-15-12(9-24-14(8-18-15)13-6-3-7-23-13)19-16(21)10-4-1-2-5-11(10)17(19)22/h1-7,12,14H,8-9H2,(H,18,20)/t12-,14-/m0/s1. The minimum absolute atomic E-state index is 0.147. The minimum atomic E-state index is -0.771. The van der Waals surface area contributed by atoms with Gasteiger partial charge in [0.25, 0.3) is 11.8 Å². The van der Waals surface area contributed by atoms with Gasteiger partial charge in [-0.2, -0.15) is 0 Å². The van der Waals surface area contributed by atoms with Gasteiger partial charge in [0.15, 0.2) is 0 Å². The van der Waals surface area contributed by atoms with Gasteiger partial charge in [0, 0.05) is 17.2 Å². The molecule has 2 aliphatic heterocycles. The summed E-state index contributed by atoms with van der Waals surface area (Å²) in [5.74, 6) is -0.632. The number of thioether (sulfide) groups is 1. The Labute approximate surface area is 147 Å². The number of nitrogens with zero attached hydrogens (tertiary/aromatic N) is 1. The highest BCUT2D eigenvalue weighted by molar-refractivity contribution is 7.99. The van der Waals surface area contributed by atoms with Crippen LogP contribution in [0.25, 0.3) is 0 Å². The molecule has 0 aliphatic carbocycles. The zero-order valence-electron chi connectivity index (χ0n) is 12.6. The van der Waals surface area contributed by atoms with Crippen molar-refractivity contribution >= 4 is 40.8 Å². The molecule has 0 radical (unpaired) electrons. The van der Waals surface area contributed by atoms with Crippen molar-refractivity contribution in [2.75, 3.05) is 12.3 Å². The highest BCUT2D eigenvalue weighted by Gasteiger charge is 2.43. The van der Waals surface area contributed by atoms with E-state index >= 15 is 0 Å². The molecule has 2 atom stereocenters. The number of hydrogen-bond donors (Lipinski definition) is 1. The first kappa shape index (κ1) is 15.4. The van der Waals surface area contributed by atoms with Crippen LogP contribution in [-0.4, -0.2) is 41.0 Å². The molecule has 5 nitrogen and oxygen atoms in total. The van der Waals surface area contributed by atoms with Gasteiger partial charge >= 0.3 is 0 Å². The fourth-order valence-corrected chi connectivity index (χ4v) is 5.23. The molecule has 1 saturated heterocycles. The number of nitrogens with one attached hydrogen (secondary N) is 1. The monoisotopic (exact) mass is 358 g/mol. The number of fused-ring (bicyclic) bond motifs is 1. The lowest BCUT2D eigenvalue weighted by molar-refractivity contribution is -0.124. The Bertz CT molecular complexity index is 784. The number of hydrogen-bond acceptors (Lipinski definition) is 5. The Morgan fingerprint density at radius 1 is 1.00 bits per heavy atom. The summed E-state index contributed by atoms with van der Waals surface area (Å²) in [4.78, 5) is 40.0. The van der Waals surface area contributed by atoms with E-state index in [2.05, 4.69) is 5.32 Å². The van der Waals surface area contributed by atoms with Crippen molar-refractivity contribution in [1.82, 2.24) is 10.2 Å². The summed E-state index contributed by atoms with van der Waals surface area (Å²) in [5, 5.41) is 5.03. The van der Waals surface area contributed by atoms with Crippen molar-refractivity contribution in [3.63, 3.8) is 0 Å². The van der Waals surface area contributed by atoms with Crippen molar-refractivity contribution < 1.29 is 14.4 Å². The van der Waals surface area contributed by atoms with Gasteiger partial charge in [-0.3, -0.25) is 19.3 Å². The van der Waals surface area contributed by atoms with Crippen LogP contribution in [0.1, 0.15) is 30.8 Å². The van der Waals surface area contributed by atoms with Gasteiger partial charge in [0.1, 0.15) is 6.04 Å². The number of imide groups is 1. The molecule has 0 bridgehead atoms. The van der Waals surface area contributed by atoms with E-state index in [1.165, 1.54) is 4.88 Å². The Morgan fingerprint density at radius 3 is 2.33 bits per heavy atom. The summed E-state index contributed by atoms with van der Waals surface area (Å²) in [5.41, 5.74) is 0.749. The molecule has 24 heavy (non-hydrogen) atoms. The first-order valence-corrected chi connectivity index (χ1v) is 9.49. The third-order valence-corrected chi connectivity index (χ3v) is 6.68. The molecular formula is C17H14N2O3S2. The van der Waals surface area contributed by atoms with Crippen LogP contribution in [0, 0.1) is 0 Å². The largest absolute Gasteiger partial charge is 0.353 e. The smallest absolute Gasteiger partial charge is 0.262 e. The second-order valence-electron chi connectivity index (χ2n) is 5.62. The lowest BCUT2D eigenvalue weighted by Crippen LogP contribution is -2.50. The van der Waals surface area contributed by atoms with Crippen LogP contribution >= 0.6 is 23.1 Å². The van der Waals surface area contributed by atoms with Gasteiger partial charge in [-0.15, -0.1) is 23.1 Å². The number of carbonyl (C=O) groups excluding carboxylic acids is 3. The molecule has 1 aromatic carbocycles. The second-order valence-corrected chi connectivity index (χ2v) is 7.84. The fourth-order valence-electron chi connectivity index (χ4n) is 2.99. The molecule has 3 heterocycles. The van der Waals surface area contributed by atoms with Crippen molar-refractivity contribution in [2.45, 2.75) is 11.3 Å². The summed E-state index contributed by atoms with van der Waals surface area (Å²) in [6.45, 7) is 0.504. The maximum atomic E-state index is 12.6. The second kappa shape index (κ2) is 6.07. The van der Waals surface area contributed by atoms with Crippen LogP contribution in [0.3, 0.4) is 0 Å². The molecule has 3 amide bonds. The van der Waals surface area contributed by atoms with E-state index in [0.717, 1.165) is 4.90 Å². The van der Waals surface area contributed by atoms with E-state index in [1.807, 2.05) is 17.5 Å². The van der Waals surface area contributed by atoms with Gasteiger partial charge in [0.05, 0.1) is 16.4 Å². The van der Waals surface area contributed by atoms with Crippen LogP contribution < -0.4 is 5.32 Å². The first-order valence-electron chi connectivity index (χ1n) is 7.56. The van der Waals surface area contributed by atoms with Crippen molar-refractivity contribution in [3.8, 4) is 0 Å². The highest BCUT2D eigenvalue weighted by Crippen LogP contribution is 2.35. The van der Waals surface area contributed by atoms with E-state index in [4.69, 9.17) is 0 Å². The molecule has 1 aromatic heterocycles. The van der Waals surface area contributed by atoms with Gasteiger partial charge < -0.3 is 5.32 Å². The summed E-state index contributed by atoms with van der Waals surface area (Å²) in [6, 6.07) is 9.96. The molecule has 7 heteroatoms. The number of rotatable bonds is 2. The van der Waals surface area contributed by atoms with Crippen molar-refractivity contribution in [3.05, 3.63) is 57.8 Å². The maximum absolute atomic E-state index is 12.6. The number of benzene rings is 1. The third-order valence-electron chi connectivity index (χ3n) is 4.22. The summed E-state index contributed by atoms with van der Waals surface area (Å²) in [6.07, 6.45) is 0. The van der Waals surface area contributed by atoms with Crippen LogP contribution in [0.2, 0.25) is 0 Å². The van der Waals surface area contributed by atoms with Crippen molar-refractivity contribution in [2.24, 2.45) is 0 Å². The Hall–Kier alpha value is -2.12. The molecule has 0 saturated carbocycles. The van der Waals surface area contributed by atoms with Gasteiger partial charge in [0.2, 0.25) is 5.91 Å². The van der Waals surface area contributed by atoms with Crippen LogP contribution in [-0.2, 0) is 4.79 Å². The Morgan fingerprint density at radius 2 is 1.71 bits per heavy atom. The molecule has 2 aromatic rings. The lowest BCUT2D eigenvalue weighted by Gasteiger charge is -2.22. The fraction of sp³-hybridized carbons (Fsp3) is 0.235. The molecular weight excluding hydrogens is 344 g/mol. The summed E-state index contributed by atoms with van der Waals surface area (Å²) >= 11 is 3.25. The molecule has 0 spiro atoms. The van der Waals surface area contributed by atoms with Gasteiger partial charge in [-0.25, -0.2) is 0 Å². The van der Waals surface area contributed by atoms with E-state index in [0.29, 0.717) is 23.4 Å². The maximum Gasteiger partial charge on any atom is 0.262 e. The number of amides is 3. The molecule has 4 rings (SSSR count). The quantitative estimate of drug-likeness (QED) is 0.837. The van der Waals surface area contributed by atoms with E-state index in [-0.39, 0.29) is 23.0 Å². The van der Waals surface area contributed by atoms with Crippen LogP contribution in [0.5, 0.6) is 0 Å². The average molecular weight is 358 g/mol.